The maximum Gasteiger partial charge on any atom is 0.338 e. The third-order valence-electron chi connectivity index (χ3n) is 2.47. The van der Waals surface area contributed by atoms with E-state index >= 15 is 0 Å². The molecule has 1 rings (SSSR count). The number of aliphatic hydroxyl groups excluding tert-OH is 1. The summed E-state index contributed by atoms with van der Waals surface area (Å²) in [5.74, 6) is -0.728. The van der Waals surface area contributed by atoms with Crippen molar-refractivity contribution in [2.45, 2.75) is 13.0 Å². The van der Waals surface area contributed by atoms with E-state index in [1.54, 1.807) is 6.92 Å². The summed E-state index contributed by atoms with van der Waals surface area (Å²) < 4.78 is 4.78. The normalized spacial score (nSPS) is 11.8. The molecule has 1 atom stereocenters. The van der Waals surface area contributed by atoms with Crippen LogP contribution in [0.2, 0.25) is 5.02 Å². The first kappa shape index (κ1) is 17.5. The number of rotatable bonds is 7. The summed E-state index contributed by atoms with van der Waals surface area (Å²) in [6.45, 7) is 1.76. The zero-order valence-corrected chi connectivity index (χ0v) is 12.6. The summed E-state index contributed by atoms with van der Waals surface area (Å²) in [5.41, 5.74) is -0.386. The molecule has 0 amide bonds. The third-order valence-corrected chi connectivity index (χ3v) is 3.12. The van der Waals surface area contributed by atoms with Gasteiger partial charge in [0.05, 0.1) is 34.1 Å². The molecule has 1 aromatic carbocycles. The van der Waals surface area contributed by atoms with Crippen molar-refractivity contribution in [1.29, 1.82) is 0 Å². The van der Waals surface area contributed by atoms with Gasteiger partial charge in [0.1, 0.15) is 5.69 Å². The fraction of sp³-hybridized carbons (Fsp3) is 0.417. The number of carbonyl (C=O) groups is 1. The number of halogens is 2. The van der Waals surface area contributed by atoms with E-state index in [1.165, 1.54) is 6.07 Å². The lowest BCUT2D eigenvalue weighted by Crippen LogP contribution is -2.21. The molecule has 0 aliphatic carbocycles. The van der Waals surface area contributed by atoms with Gasteiger partial charge in [0, 0.05) is 12.6 Å². The minimum absolute atomic E-state index is 0.0111. The van der Waals surface area contributed by atoms with Gasteiger partial charge < -0.3 is 15.2 Å². The van der Waals surface area contributed by atoms with Crippen molar-refractivity contribution >= 4 is 40.5 Å². The van der Waals surface area contributed by atoms with Crippen LogP contribution in [-0.4, -0.2) is 41.1 Å². The molecule has 0 aromatic heterocycles. The molecule has 9 heteroatoms. The molecule has 1 unspecified atom stereocenters. The second-order valence-electron chi connectivity index (χ2n) is 4.02. The van der Waals surface area contributed by atoms with Gasteiger partial charge in [0.15, 0.2) is 0 Å². The Morgan fingerprint density at radius 1 is 1.57 bits per heavy atom. The molecule has 1 aromatic rings. The van der Waals surface area contributed by atoms with Crippen LogP contribution in [0.15, 0.2) is 12.1 Å². The number of anilines is 1. The monoisotopic (exact) mass is 336 g/mol. The second-order valence-corrected chi connectivity index (χ2v) is 4.73. The smallest absolute Gasteiger partial charge is 0.338 e. The highest BCUT2D eigenvalue weighted by Crippen LogP contribution is 2.34. The third kappa shape index (κ3) is 4.73. The van der Waals surface area contributed by atoms with Gasteiger partial charge in [-0.2, -0.15) is 0 Å². The van der Waals surface area contributed by atoms with Gasteiger partial charge in [-0.25, -0.2) is 4.79 Å². The Kier molecular flexibility index (Phi) is 6.67. The summed E-state index contributed by atoms with van der Waals surface area (Å²) in [4.78, 5) is 22.0. The number of carbonyl (C=O) groups excluding carboxylic acids is 1. The molecule has 0 heterocycles. The number of hydrogen-bond donors (Lipinski definition) is 2. The molecular weight excluding hydrogens is 323 g/mol. The highest BCUT2D eigenvalue weighted by Gasteiger charge is 2.22. The number of aliphatic hydroxyl groups is 1. The molecule has 0 aliphatic heterocycles. The van der Waals surface area contributed by atoms with Crippen LogP contribution in [0.4, 0.5) is 11.4 Å². The zero-order chi connectivity index (χ0) is 16.0. The van der Waals surface area contributed by atoms with Crippen molar-refractivity contribution < 1.29 is 19.6 Å². The van der Waals surface area contributed by atoms with Crippen LogP contribution < -0.4 is 5.32 Å². The Morgan fingerprint density at radius 2 is 2.24 bits per heavy atom. The highest BCUT2D eigenvalue weighted by atomic mass is 35.5. The average Bonchev–Trinajstić information content (AvgIpc) is 2.44. The van der Waals surface area contributed by atoms with Gasteiger partial charge in [-0.1, -0.05) is 11.6 Å². The van der Waals surface area contributed by atoms with E-state index in [-0.39, 0.29) is 41.0 Å². The van der Waals surface area contributed by atoms with E-state index in [2.05, 4.69) is 5.32 Å². The van der Waals surface area contributed by atoms with Crippen molar-refractivity contribution in [3.63, 3.8) is 0 Å². The number of nitrogens with one attached hydrogen (secondary N) is 1. The van der Waals surface area contributed by atoms with Crippen LogP contribution in [0.3, 0.4) is 0 Å². The number of nitrogens with zero attached hydrogens (tertiary/aromatic N) is 1. The molecule has 0 radical (unpaired) electrons. The van der Waals surface area contributed by atoms with E-state index in [0.29, 0.717) is 0 Å². The van der Waals surface area contributed by atoms with E-state index in [9.17, 15) is 20.0 Å². The average molecular weight is 337 g/mol. The van der Waals surface area contributed by atoms with E-state index in [0.717, 1.165) is 6.07 Å². The Bertz CT molecular complexity index is 539. The van der Waals surface area contributed by atoms with Crippen molar-refractivity contribution in [1.82, 2.24) is 0 Å². The molecule has 116 valence electrons. The first-order chi connectivity index (χ1) is 9.90. The molecule has 2 N–H and O–H groups in total. The summed E-state index contributed by atoms with van der Waals surface area (Å²) >= 11 is 11.4. The van der Waals surface area contributed by atoms with E-state index in [4.69, 9.17) is 27.9 Å². The lowest BCUT2D eigenvalue weighted by Gasteiger charge is -2.12. The van der Waals surface area contributed by atoms with Crippen molar-refractivity contribution in [3.05, 3.63) is 32.8 Å². The quantitative estimate of drug-likeness (QED) is 0.343. The summed E-state index contributed by atoms with van der Waals surface area (Å²) in [7, 11) is 0. The topological polar surface area (TPSA) is 102 Å². The number of nitro benzene ring substituents is 1. The highest BCUT2D eigenvalue weighted by molar-refractivity contribution is 6.34. The molecule has 0 saturated carbocycles. The number of benzene rings is 1. The van der Waals surface area contributed by atoms with Gasteiger partial charge in [-0.05, 0) is 13.0 Å². The van der Waals surface area contributed by atoms with Crippen LogP contribution in [0, 0.1) is 10.1 Å². The lowest BCUT2D eigenvalue weighted by atomic mass is 10.1. The van der Waals surface area contributed by atoms with Crippen LogP contribution >= 0.6 is 23.2 Å². The first-order valence-corrected chi connectivity index (χ1v) is 6.94. The molecular formula is C12H14Cl2N2O5. The van der Waals surface area contributed by atoms with E-state index < -0.39 is 17.0 Å². The van der Waals surface area contributed by atoms with Gasteiger partial charge in [0.2, 0.25) is 0 Å². The van der Waals surface area contributed by atoms with Crippen LogP contribution in [0.1, 0.15) is 17.3 Å². The minimum Gasteiger partial charge on any atom is -0.462 e. The predicted octanol–water partition coefficient (Wildman–Crippen LogP) is 2.44. The molecule has 7 nitrogen and oxygen atoms in total. The Labute approximate surface area is 130 Å². The van der Waals surface area contributed by atoms with Crippen molar-refractivity contribution in [3.8, 4) is 0 Å². The Hall–Kier alpha value is -1.57. The molecule has 0 saturated heterocycles. The standard InChI is InChI=1S/C12H14Cl2N2O5/c1-2-21-12(18)7-3-9(14)11(10(4-7)16(19)20)15-6-8(17)5-13/h3-4,8,15,17H,2,5-6H2,1H3. The Morgan fingerprint density at radius 3 is 2.76 bits per heavy atom. The molecule has 0 bridgehead atoms. The summed E-state index contributed by atoms with van der Waals surface area (Å²) in [6, 6.07) is 2.33. The lowest BCUT2D eigenvalue weighted by molar-refractivity contribution is -0.384. The van der Waals surface area contributed by atoms with Crippen LogP contribution in [0.5, 0.6) is 0 Å². The second kappa shape index (κ2) is 8.02. The maximum absolute atomic E-state index is 11.6. The number of esters is 1. The predicted molar refractivity (Wildman–Crippen MR) is 79.3 cm³/mol. The van der Waals surface area contributed by atoms with Crippen molar-refractivity contribution in [2.75, 3.05) is 24.3 Å². The molecule has 0 aliphatic rings. The molecule has 0 fully saturated rings. The minimum atomic E-state index is -0.882. The SMILES string of the molecule is CCOC(=O)c1cc(Cl)c(NCC(O)CCl)c([N+](=O)[O-])c1. The Balaban J connectivity index is 3.13. The van der Waals surface area contributed by atoms with Gasteiger partial charge in [0.25, 0.3) is 5.69 Å². The molecule has 21 heavy (non-hydrogen) atoms. The first-order valence-electron chi connectivity index (χ1n) is 6.03. The van der Waals surface area contributed by atoms with Crippen molar-refractivity contribution in [2.24, 2.45) is 0 Å². The summed E-state index contributed by atoms with van der Waals surface area (Å²) in [5, 5.41) is 23.1. The zero-order valence-electron chi connectivity index (χ0n) is 11.1. The van der Waals surface area contributed by atoms with Crippen LogP contribution in [-0.2, 0) is 4.74 Å². The number of hydrogen-bond acceptors (Lipinski definition) is 6. The number of alkyl halides is 1. The van der Waals surface area contributed by atoms with Gasteiger partial charge >= 0.3 is 5.97 Å². The largest absolute Gasteiger partial charge is 0.462 e. The van der Waals surface area contributed by atoms with Gasteiger partial charge in [-0.3, -0.25) is 10.1 Å². The molecule has 0 spiro atoms. The maximum atomic E-state index is 11.6. The fourth-order valence-corrected chi connectivity index (χ4v) is 1.91. The number of nitro groups is 1. The fourth-order valence-electron chi connectivity index (χ4n) is 1.52. The van der Waals surface area contributed by atoms with E-state index in [1.807, 2.05) is 0 Å². The number of ether oxygens (including phenoxy) is 1. The summed E-state index contributed by atoms with van der Waals surface area (Å²) in [6.07, 6.45) is -0.882. The van der Waals surface area contributed by atoms with Crippen LogP contribution in [0.25, 0.3) is 0 Å². The van der Waals surface area contributed by atoms with Gasteiger partial charge in [-0.15, -0.1) is 11.6 Å².